The average Bonchev–Trinajstić information content (AvgIpc) is 2.28. The molecular weight excluding hydrogens is 339 g/mol. The summed E-state index contributed by atoms with van der Waals surface area (Å²) in [5.74, 6) is 2.05. The smallest absolute Gasteiger partial charge is 0.188 e. The number of hydrogen-bond acceptors (Lipinski definition) is 2. The number of aliphatic imine (C=N–C) groups is 1. The van der Waals surface area contributed by atoms with Crippen LogP contribution in [-0.2, 0) is 0 Å². The van der Waals surface area contributed by atoms with Crippen molar-refractivity contribution in [3.63, 3.8) is 0 Å². The SMILES string of the molecule is CC(C)CCNC(N)=NCC1CCN(C)CC1.I. The van der Waals surface area contributed by atoms with Crippen molar-refractivity contribution in [2.75, 3.05) is 33.2 Å². The Hall–Kier alpha value is -0.0400. The molecule has 0 aromatic rings. The summed E-state index contributed by atoms with van der Waals surface area (Å²) < 4.78 is 0. The second-order valence-corrected chi connectivity index (χ2v) is 5.58. The van der Waals surface area contributed by atoms with Crippen LogP contribution in [0.4, 0.5) is 0 Å². The van der Waals surface area contributed by atoms with E-state index in [0.29, 0.717) is 11.9 Å². The molecule has 0 saturated carbocycles. The van der Waals surface area contributed by atoms with E-state index < -0.39 is 0 Å². The molecule has 0 amide bonds. The van der Waals surface area contributed by atoms with Gasteiger partial charge < -0.3 is 16.0 Å². The summed E-state index contributed by atoms with van der Waals surface area (Å²) in [6, 6.07) is 0. The third-order valence-corrected chi connectivity index (χ3v) is 3.39. The van der Waals surface area contributed by atoms with Gasteiger partial charge in [0.25, 0.3) is 0 Å². The highest BCUT2D eigenvalue weighted by molar-refractivity contribution is 14.0. The molecule has 0 unspecified atom stereocenters. The number of nitrogens with zero attached hydrogens (tertiary/aromatic N) is 2. The van der Waals surface area contributed by atoms with Crippen molar-refractivity contribution in [2.24, 2.45) is 22.6 Å². The van der Waals surface area contributed by atoms with Crippen molar-refractivity contribution >= 4 is 29.9 Å². The lowest BCUT2D eigenvalue weighted by Gasteiger charge is -2.27. The standard InChI is InChI=1S/C13H28N4.HI/c1-11(2)4-7-15-13(14)16-10-12-5-8-17(3)9-6-12;/h11-12H,4-10H2,1-3H3,(H3,14,15,16);1H. The summed E-state index contributed by atoms with van der Waals surface area (Å²) in [7, 11) is 2.18. The van der Waals surface area contributed by atoms with Crippen LogP contribution >= 0.6 is 24.0 Å². The number of nitrogens with one attached hydrogen (secondary N) is 1. The maximum Gasteiger partial charge on any atom is 0.188 e. The number of piperidine rings is 1. The van der Waals surface area contributed by atoms with Gasteiger partial charge >= 0.3 is 0 Å². The molecule has 0 aliphatic carbocycles. The van der Waals surface area contributed by atoms with Crippen molar-refractivity contribution in [1.82, 2.24) is 10.2 Å². The molecule has 5 heteroatoms. The van der Waals surface area contributed by atoms with Crippen LogP contribution in [0.25, 0.3) is 0 Å². The van der Waals surface area contributed by atoms with Gasteiger partial charge in [0, 0.05) is 13.1 Å². The highest BCUT2D eigenvalue weighted by Crippen LogP contribution is 2.15. The molecule has 1 saturated heterocycles. The van der Waals surface area contributed by atoms with Crippen molar-refractivity contribution in [3.05, 3.63) is 0 Å². The van der Waals surface area contributed by atoms with E-state index in [1.807, 2.05) is 0 Å². The Morgan fingerprint density at radius 1 is 1.39 bits per heavy atom. The predicted molar refractivity (Wildman–Crippen MR) is 89.6 cm³/mol. The monoisotopic (exact) mass is 368 g/mol. The lowest BCUT2D eigenvalue weighted by atomic mass is 9.97. The minimum absolute atomic E-state index is 0. The van der Waals surface area contributed by atoms with Crippen LogP contribution in [0.1, 0.15) is 33.1 Å². The van der Waals surface area contributed by atoms with Crippen LogP contribution in [0.3, 0.4) is 0 Å². The Morgan fingerprint density at radius 3 is 2.56 bits per heavy atom. The van der Waals surface area contributed by atoms with Crippen molar-refractivity contribution in [1.29, 1.82) is 0 Å². The molecule has 0 atom stereocenters. The maximum atomic E-state index is 5.83. The minimum Gasteiger partial charge on any atom is -0.370 e. The van der Waals surface area contributed by atoms with E-state index in [-0.39, 0.29) is 24.0 Å². The molecule has 1 rings (SSSR count). The zero-order chi connectivity index (χ0) is 12.7. The number of rotatable bonds is 5. The molecule has 108 valence electrons. The number of guanidine groups is 1. The summed E-state index contributed by atoms with van der Waals surface area (Å²) in [5, 5.41) is 3.18. The Kier molecular flexibility index (Phi) is 9.81. The molecule has 0 aromatic carbocycles. The quantitative estimate of drug-likeness (QED) is 0.443. The van der Waals surface area contributed by atoms with Gasteiger partial charge in [-0.25, -0.2) is 0 Å². The zero-order valence-corrected chi connectivity index (χ0v) is 14.3. The lowest BCUT2D eigenvalue weighted by Crippen LogP contribution is -2.35. The first-order valence-electron chi connectivity index (χ1n) is 6.80. The molecule has 1 fully saturated rings. The Morgan fingerprint density at radius 2 is 2.00 bits per heavy atom. The van der Waals surface area contributed by atoms with Gasteiger partial charge in [-0.15, -0.1) is 24.0 Å². The van der Waals surface area contributed by atoms with Crippen molar-refractivity contribution in [3.8, 4) is 0 Å². The van der Waals surface area contributed by atoms with E-state index in [9.17, 15) is 0 Å². The lowest BCUT2D eigenvalue weighted by molar-refractivity contribution is 0.223. The topological polar surface area (TPSA) is 53.6 Å². The molecule has 0 spiro atoms. The van der Waals surface area contributed by atoms with Gasteiger partial charge in [0.15, 0.2) is 5.96 Å². The highest BCUT2D eigenvalue weighted by Gasteiger charge is 2.15. The highest BCUT2D eigenvalue weighted by atomic mass is 127. The van der Waals surface area contributed by atoms with Gasteiger partial charge in [-0.1, -0.05) is 13.8 Å². The van der Waals surface area contributed by atoms with Crippen molar-refractivity contribution in [2.45, 2.75) is 33.1 Å². The fraction of sp³-hybridized carbons (Fsp3) is 0.923. The average molecular weight is 368 g/mol. The zero-order valence-electron chi connectivity index (χ0n) is 12.0. The van der Waals surface area contributed by atoms with Gasteiger partial charge in [-0.05, 0) is 51.2 Å². The second kappa shape index (κ2) is 9.83. The maximum absolute atomic E-state index is 5.83. The van der Waals surface area contributed by atoms with E-state index in [4.69, 9.17) is 5.73 Å². The fourth-order valence-corrected chi connectivity index (χ4v) is 2.02. The van der Waals surface area contributed by atoms with Gasteiger partial charge in [-0.2, -0.15) is 0 Å². The Labute approximate surface area is 129 Å². The Bertz CT molecular complexity index is 235. The summed E-state index contributed by atoms with van der Waals surface area (Å²) in [4.78, 5) is 6.81. The van der Waals surface area contributed by atoms with Crippen LogP contribution in [0.2, 0.25) is 0 Å². The van der Waals surface area contributed by atoms with Crippen LogP contribution in [0, 0.1) is 11.8 Å². The molecule has 1 heterocycles. The molecule has 4 nitrogen and oxygen atoms in total. The number of nitrogens with two attached hydrogens (primary N) is 1. The first-order chi connectivity index (χ1) is 8.08. The largest absolute Gasteiger partial charge is 0.370 e. The first-order valence-corrected chi connectivity index (χ1v) is 6.80. The third kappa shape index (κ3) is 8.13. The van der Waals surface area contributed by atoms with E-state index in [0.717, 1.165) is 25.4 Å². The van der Waals surface area contributed by atoms with E-state index in [1.165, 1.54) is 25.9 Å². The molecule has 0 radical (unpaired) electrons. The summed E-state index contributed by atoms with van der Waals surface area (Å²) in [5.41, 5.74) is 5.83. The van der Waals surface area contributed by atoms with E-state index in [1.54, 1.807) is 0 Å². The Balaban J connectivity index is 0.00000289. The summed E-state index contributed by atoms with van der Waals surface area (Å²) in [6.45, 7) is 8.64. The normalized spacial score (nSPS) is 18.8. The van der Waals surface area contributed by atoms with Gasteiger partial charge in [0.05, 0.1) is 0 Å². The minimum atomic E-state index is 0. The molecule has 1 aliphatic heterocycles. The van der Waals surface area contributed by atoms with Gasteiger partial charge in [-0.3, -0.25) is 4.99 Å². The molecule has 18 heavy (non-hydrogen) atoms. The number of halogens is 1. The fourth-order valence-electron chi connectivity index (χ4n) is 2.02. The summed E-state index contributed by atoms with van der Waals surface area (Å²) in [6.07, 6.45) is 3.64. The second-order valence-electron chi connectivity index (χ2n) is 5.58. The number of hydrogen-bond donors (Lipinski definition) is 2. The van der Waals surface area contributed by atoms with E-state index in [2.05, 4.69) is 36.1 Å². The first kappa shape index (κ1) is 18.0. The van der Waals surface area contributed by atoms with Gasteiger partial charge in [0.1, 0.15) is 0 Å². The summed E-state index contributed by atoms with van der Waals surface area (Å²) >= 11 is 0. The van der Waals surface area contributed by atoms with E-state index >= 15 is 0 Å². The number of likely N-dealkylation sites (tertiary alicyclic amines) is 1. The predicted octanol–water partition coefficient (Wildman–Crippen LogP) is 1.90. The molecular formula is C13H29IN4. The van der Waals surface area contributed by atoms with Crippen LogP contribution in [0.5, 0.6) is 0 Å². The van der Waals surface area contributed by atoms with Crippen molar-refractivity contribution < 1.29 is 0 Å². The van der Waals surface area contributed by atoms with Crippen LogP contribution in [0.15, 0.2) is 4.99 Å². The van der Waals surface area contributed by atoms with Crippen LogP contribution < -0.4 is 11.1 Å². The molecule has 0 aromatic heterocycles. The van der Waals surface area contributed by atoms with Gasteiger partial charge in [0.2, 0.25) is 0 Å². The molecule has 1 aliphatic rings. The molecule has 3 N–H and O–H groups in total. The third-order valence-electron chi connectivity index (χ3n) is 3.39. The van der Waals surface area contributed by atoms with Crippen LogP contribution in [-0.4, -0.2) is 44.1 Å². The molecule has 0 bridgehead atoms.